The Balaban J connectivity index is 1.11. The van der Waals surface area contributed by atoms with Gasteiger partial charge in [0.25, 0.3) is 0 Å². The summed E-state index contributed by atoms with van der Waals surface area (Å²) >= 11 is 1.89. The monoisotopic (exact) mass is 742 g/mol. The van der Waals surface area contributed by atoms with E-state index in [0.717, 1.165) is 0 Å². The van der Waals surface area contributed by atoms with E-state index in [1.54, 1.807) is 0 Å². The summed E-state index contributed by atoms with van der Waals surface area (Å²) in [4.78, 5) is 0. The average Bonchev–Trinajstić information content (AvgIpc) is 3.95. The zero-order valence-corrected chi connectivity index (χ0v) is 31.7. The molecule has 0 radical (unpaired) electrons. The molecule has 3 heterocycles. The molecule has 57 heavy (non-hydrogen) atoms. The van der Waals surface area contributed by atoms with Gasteiger partial charge in [-0.2, -0.15) is 0 Å². The first-order valence-electron chi connectivity index (χ1n) is 19.5. The van der Waals surface area contributed by atoms with Crippen molar-refractivity contribution >= 4 is 75.1 Å². The molecule has 0 amide bonds. The van der Waals surface area contributed by atoms with E-state index in [1.165, 1.54) is 109 Å². The molecule has 0 fully saturated rings. The first-order valence-corrected chi connectivity index (χ1v) is 20.3. The van der Waals surface area contributed by atoms with Crippen molar-refractivity contribution in [3.05, 3.63) is 206 Å². The molecule has 0 spiro atoms. The molecule has 3 aromatic heterocycles. The van der Waals surface area contributed by atoms with Gasteiger partial charge in [0.1, 0.15) is 0 Å². The van der Waals surface area contributed by atoms with Crippen LogP contribution >= 0.6 is 11.3 Å². The van der Waals surface area contributed by atoms with Gasteiger partial charge in [0.15, 0.2) is 0 Å². The minimum atomic E-state index is 1.17. The summed E-state index contributed by atoms with van der Waals surface area (Å²) in [6.07, 6.45) is 0. The Morgan fingerprint density at radius 3 is 1.75 bits per heavy atom. The third-order valence-electron chi connectivity index (χ3n) is 11.7. The number of hydrogen-bond donors (Lipinski definition) is 0. The number of nitrogens with zero attached hydrogens (tertiary/aromatic N) is 2. The highest BCUT2D eigenvalue weighted by atomic mass is 32.1. The van der Waals surface area contributed by atoms with Gasteiger partial charge in [-0.1, -0.05) is 152 Å². The van der Waals surface area contributed by atoms with E-state index in [2.05, 4.69) is 215 Å². The quantitative estimate of drug-likeness (QED) is 0.166. The van der Waals surface area contributed by atoms with Gasteiger partial charge < -0.3 is 9.13 Å². The zero-order chi connectivity index (χ0) is 37.5. The van der Waals surface area contributed by atoms with Crippen molar-refractivity contribution in [1.82, 2.24) is 9.13 Å². The van der Waals surface area contributed by atoms with Crippen molar-refractivity contribution in [3.63, 3.8) is 0 Å². The Kier molecular flexibility index (Phi) is 7.13. The lowest BCUT2D eigenvalue weighted by molar-refractivity contribution is 1.18. The lowest BCUT2D eigenvalue weighted by atomic mass is 9.95. The van der Waals surface area contributed by atoms with Gasteiger partial charge in [0.05, 0.1) is 32.5 Å². The summed E-state index contributed by atoms with van der Waals surface area (Å²) in [5.74, 6) is 0. The molecule has 0 aliphatic heterocycles. The minimum absolute atomic E-state index is 1.17. The lowest BCUT2D eigenvalue weighted by Crippen LogP contribution is -1.95. The molecule has 266 valence electrons. The van der Waals surface area contributed by atoms with Crippen LogP contribution in [0.1, 0.15) is 0 Å². The van der Waals surface area contributed by atoms with E-state index in [9.17, 15) is 0 Å². The van der Waals surface area contributed by atoms with E-state index >= 15 is 0 Å². The molecule has 0 saturated carbocycles. The van der Waals surface area contributed by atoms with Crippen LogP contribution in [0.5, 0.6) is 0 Å². The molecule has 9 aromatic carbocycles. The molecular formula is C54H34N2S. The van der Waals surface area contributed by atoms with Crippen LogP contribution in [0.2, 0.25) is 0 Å². The first kappa shape index (κ1) is 32.1. The van der Waals surface area contributed by atoms with Gasteiger partial charge in [-0.25, -0.2) is 0 Å². The molecule has 0 atom stereocenters. The van der Waals surface area contributed by atoms with E-state index in [0.29, 0.717) is 0 Å². The molecule has 3 heteroatoms. The van der Waals surface area contributed by atoms with Crippen molar-refractivity contribution < 1.29 is 0 Å². The van der Waals surface area contributed by atoms with Crippen LogP contribution in [0.15, 0.2) is 206 Å². The second-order valence-corrected chi connectivity index (χ2v) is 15.9. The van der Waals surface area contributed by atoms with Crippen LogP contribution in [-0.2, 0) is 0 Å². The Morgan fingerprint density at radius 2 is 0.912 bits per heavy atom. The maximum absolute atomic E-state index is 2.51. The maximum Gasteiger partial charge on any atom is 0.0641 e. The topological polar surface area (TPSA) is 9.86 Å². The van der Waals surface area contributed by atoms with E-state index < -0.39 is 0 Å². The van der Waals surface area contributed by atoms with Crippen molar-refractivity contribution in [2.24, 2.45) is 0 Å². The number of fused-ring (bicyclic) bond motifs is 9. The van der Waals surface area contributed by atoms with Crippen LogP contribution in [-0.4, -0.2) is 9.13 Å². The number of para-hydroxylation sites is 3. The highest BCUT2D eigenvalue weighted by Crippen LogP contribution is 2.47. The van der Waals surface area contributed by atoms with E-state index in [1.807, 2.05) is 11.3 Å². The molecule has 0 saturated heterocycles. The van der Waals surface area contributed by atoms with Crippen molar-refractivity contribution in [3.8, 4) is 44.8 Å². The van der Waals surface area contributed by atoms with Crippen LogP contribution in [0.25, 0.3) is 109 Å². The molecule has 0 aliphatic carbocycles. The first-order chi connectivity index (χ1) is 28.3. The van der Waals surface area contributed by atoms with Crippen molar-refractivity contribution in [2.75, 3.05) is 0 Å². The fourth-order valence-electron chi connectivity index (χ4n) is 9.24. The minimum Gasteiger partial charge on any atom is -0.309 e. The highest BCUT2D eigenvalue weighted by molar-refractivity contribution is 7.26. The normalized spacial score (nSPS) is 11.9. The zero-order valence-electron chi connectivity index (χ0n) is 30.9. The molecule has 12 aromatic rings. The summed E-state index contributed by atoms with van der Waals surface area (Å²) in [7, 11) is 0. The van der Waals surface area contributed by atoms with Crippen LogP contribution in [0.4, 0.5) is 0 Å². The Bertz CT molecular complexity index is 3510. The van der Waals surface area contributed by atoms with Gasteiger partial charge in [-0.15, -0.1) is 11.3 Å². The summed E-state index contributed by atoms with van der Waals surface area (Å²) in [5, 5.41) is 7.64. The van der Waals surface area contributed by atoms with E-state index in [4.69, 9.17) is 0 Å². The molecule has 0 N–H and O–H groups in total. The number of hydrogen-bond acceptors (Lipinski definition) is 1. The van der Waals surface area contributed by atoms with Crippen LogP contribution < -0.4 is 0 Å². The third kappa shape index (κ3) is 4.89. The number of rotatable bonds is 5. The van der Waals surface area contributed by atoms with Gasteiger partial charge in [0, 0.05) is 42.7 Å². The van der Waals surface area contributed by atoms with Gasteiger partial charge in [-0.05, 0) is 88.0 Å². The lowest BCUT2D eigenvalue weighted by Gasteiger charge is -2.14. The second kappa shape index (κ2) is 12.7. The molecular weight excluding hydrogens is 709 g/mol. The average molecular weight is 743 g/mol. The Hall–Kier alpha value is -7.20. The SMILES string of the molecule is c1ccc(-c2cccc(-c3ccc(-n4c5ccccc5c5c(-c6ccc7c8ccccc8n(-c8ccccc8)c7c6)cccc54)c4sc5ccccc5c34)c2)cc1. The van der Waals surface area contributed by atoms with Gasteiger partial charge >= 0.3 is 0 Å². The number of aromatic nitrogens is 2. The predicted molar refractivity (Wildman–Crippen MR) is 244 cm³/mol. The fourth-order valence-corrected chi connectivity index (χ4v) is 10.5. The predicted octanol–water partition coefficient (Wildman–Crippen LogP) is 15.2. The van der Waals surface area contributed by atoms with Crippen LogP contribution in [0, 0.1) is 0 Å². The van der Waals surface area contributed by atoms with Crippen molar-refractivity contribution in [1.29, 1.82) is 0 Å². The van der Waals surface area contributed by atoms with Crippen LogP contribution in [0.3, 0.4) is 0 Å². The molecule has 0 aliphatic rings. The third-order valence-corrected chi connectivity index (χ3v) is 12.9. The van der Waals surface area contributed by atoms with Crippen molar-refractivity contribution in [2.45, 2.75) is 0 Å². The highest BCUT2D eigenvalue weighted by Gasteiger charge is 2.22. The standard InChI is InChI=1S/C54H34N2S/c1-3-15-35(16-4-1)36-17-13-18-37(33-36)41-31-32-49(54-53(41)45-23-9-12-28-51(45)57-54)56-47-26-11-8-22-44(47)52-40(24-14-27-48(52)56)38-29-30-43-42-21-7-10-25-46(42)55(50(43)34-38)39-19-5-2-6-20-39/h1-34H. The van der Waals surface area contributed by atoms with Gasteiger partial charge in [0.2, 0.25) is 0 Å². The van der Waals surface area contributed by atoms with E-state index in [-0.39, 0.29) is 0 Å². The molecule has 0 bridgehead atoms. The largest absolute Gasteiger partial charge is 0.309 e. The molecule has 0 unspecified atom stereocenters. The number of benzene rings is 9. The maximum atomic E-state index is 2.51. The van der Waals surface area contributed by atoms with Gasteiger partial charge in [-0.3, -0.25) is 0 Å². The summed E-state index contributed by atoms with van der Waals surface area (Å²) < 4.78 is 7.51. The summed E-state index contributed by atoms with van der Waals surface area (Å²) in [6.45, 7) is 0. The summed E-state index contributed by atoms with van der Waals surface area (Å²) in [6, 6.07) is 75.6. The number of thiophene rings is 1. The fraction of sp³-hybridized carbons (Fsp3) is 0. The second-order valence-electron chi connectivity index (χ2n) is 14.9. The Labute approximate surface area is 333 Å². The Morgan fingerprint density at radius 1 is 0.316 bits per heavy atom. The summed E-state index contributed by atoms with van der Waals surface area (Å²) in [5.41, 5.74) is 14.6. The molecule has 2 nitrogen and oxygen atoms in total. The smallest absolute Gasteiger partial charge is 0.0641 e. The molecule has 12 rings (SSSR count).